The molecule has 22 heavy (non-hydrogen) atoms. The summed E-state index contributed by atoms with van der Waals surface area (Å²) in [6, 6.07) is 0. The van der Waals surface area contributed by atoms with Gasteiger partial charge in [-0.25, -0.2) is 9.69 Å². The number of hydrogen-bond donors (Lipinski definition) is 1. The molecule has 10 heteroatoms. The lowest BCUT2D eigenvalue weighted by atomic mass is 10.4. The maximum atomic E-state index is 12.0. The third-order valence-corrected chi connectivity index (χ3v) is 2.83. The number of hydroxylamine groups is 2. The summed E-state index contributed by atoms with van der Waals surface area (Å²) in [5.74, 6) is -4.34. The Kier molecular flexibility index (Phi) is 4.63. The van der Waals surface area contributed by atoms with Gasteiger partial charge in [0.05, 0.1) is 13.2 Å². The van der Waals surface area contributed by atoms with Crippen molar-refractivity contribution in [3.05, 3.63) is 12.2 Å². The van der Waals surface area contributed by atoms with E-state index in [4.69, 9.17) is 9.84 Å². The molecule has 1 saturated heterocycles. The van der Waals surface area contributed by atoms with E-state index < -0.39 is 42.4 Å². The van der Waals surface area contributed by atoms with Crippen LogP contribution in [0.1, 0.15) is 12.8 Å². The number of imide groups is 2. The first-order chi connectivity index (χ1) is 10.5. The van der Waals surface area contributed by atoms with E-state index >= 15 is 0 Å². The summed E-state index contributed by atoms with van der Waals surface area (Å²) >= 11 is 0. The van der Waals surface area contributed by atoms with Gasteiger partial charge in [-0.15, -0.1) is 5.06 Å². The minimum atomic E-state index is -1.80. The molecule has 1 fully saturated rings. The number of ether oxygens (including phenoxy) is 1. The molecule has 2 aliphatic rings. The van der Waals surface area contributed by atoms with Crippen LogP contribution in [0.15, 0.2) is 12.2 Å². The fourth-order valence-electron chi connectivity index (χ4n) is 1.85. The van der Waals surface area contributed by atoms with Gasteiger partial charge >= 0.3 is 5.97 Å². The third kappa shape index (κ3) is 3.02. The smallest absolute Gasteiger partial charge is 0.382 e. The summed E-state index contributed by atoms with van der Waals surface area (Å²) in [6.45, 7) is -0.840. The number of nitrogens with zero attached hydrogens (tertiary/aromatic N) is 2. The van der Waals surface area contributed by atoms with E-state index in [1.165, 1.54) is 0 Å². The van der Waals surface area contributed by atoms with Gasteiger partial charge < -0.3 is 14.7 Å². The van der Waals surface area contributed by atoms with E-state index in [-0.39, 0.29) is 24.5 Å². The quantitative estimate of drug-likeness (QED) is 0.549. The largest absolute Gasteiger partial charge is 0.394 e. The second kappa shape index (κ2) is 6.45. The Balaban J connectivity index is 2.13. The third-order valence-electron chi connectivity index (χ3n) is 2.83. The Morgan fingerprint density at radius 3 is 2.18 bits per heavy atom. The van der Waals surface area contributed by atoms with Crippen LogP contribution in [0.3, 0.4) is 0 Å². The van der Waals surface area contributed by atoms with E-state index in [9.17, 15) is 24.0 Å². The second-order valence-corrected chi connectivity index (χ2v) is 4.32. The predicted molar refractivity (Wildman–Crippen MR) is 65.0 cm³/mol. The van der Waals surface area contributed by atoms with Crippen molar-refractivity contribution >= 4 is 29.6 Å². The first-order valence-electron chi connectivity index (χ1n) is 6.31. The van der Waals surface area contributed by atoms with Crippen LogP contribution in [0.5, 0.6) is 0 Å². The maximum Gasteiger partial charge on any atom is 0.382 e. The Bertz CT molecular complexity index is 535. The topological polar surface area (TPSA) is 131 Å². The number of amides is 4. The van der Waals surface area contributed by atoms with Crippen molar-refractivity contribution in [2.75, 3.05) is 13.2 Å². The summed E-state index contributed by atoms with van der Waals surface area (Å²) in [6.07, 6.45) is -0.147. The van der Waals surface area contributed by atoms with Crippen molar-refractivity contribution in [1.82, 2.24) is 9.96 Å². The number of carbonyl (C=O) groups is 5. The molecule has 0 aliphatic carbocycles. The maximum absolute atomic E-state index is 12.0. The molecular weight excluding hydrogens is 300 g/mol. The number of hydrogen-bond acceptors (Lipinski definition) is 8. The van der Waals surface area contributed by atoms with Crippen molar-refractivity contribution in [2.24, 2.45) is 0 Å². The number of aliphatic hydroxyl groups excluding tert-OH is 1. The highest BCUT2D eigenvalue weighted by atomic mass is 16.7. The van der Waals surface area contributed by atoms with Gasteiger partial charge in [-0.05, 0) is 0 Å². The Morgan fingerprint density at radius 1 is 1.14 bits per heavy atom. The zero-order chi connectivity index (χ0) is 16.3. The van der Waals surface area contributed by atoms with Crippen LogP contribution in [0.2, 0.25) is 0 Å². The lowest BCUT2D eigenvalue weighted by Gasteiger charge is -2.25. The highest BCUT2D eigenvalue weighted by Crippen LogP contribution is 2.16. The average Bonchev–Trinajstić information content (AvgIpc) is 2.97. The number of carbonyl (C=O) groups excluding carboxylic acids is 5. The van der Waals surface area contributed by atoms with E-state index in [2.05, 4.69) is 4.84 Å². The lowest BCUT2D eigenvalue weighted by Crippen LogP contribution is -2.50. The molecule has 0 aromatic carbocycles. The lowest BCUT2D eigenvalue weighted by molar-refractivity contribution is -0.213. The number of rotatable bonds is 6. The van der Waals surface area contributed by atoms with Crippen LogP contribution < -0.4 is 0 Å². The van der Waals surface area contributed by atoms with E-state index in [0.29, 0.717) is 4.90 Å². The molecule has 0 aromatic rings. The first-order valence-corrected chi connectivity index (χ1v) is 6.31. The van der Waals surface area contributed by atoms with Crippen LogP contribution in [0.4, 0.5) is 0 Å². The zero-order valence-corrected chi connectivity index (χ0v) is 11.3. The van der Waals surface area contributed by atoms with Crippen molar-refractivity contribution in [3.8, 4) is 0 Å². The highest BCUT2D eigenvalue weighted by molar-refractivity contribution is 6.14. The molecule has 0 bridgehead atoms. The van der Waals surface area contributed by atoms with Crippen LogP contribution in [-0.4, -0.2) is 64.1 Å². The minimum Gasteiger partial charge on any atom is -0.394 e. The van der Waals surface area contributed by atoms with Gasteiger partial charge in [0, 0.05) is 25.0 Å². The fourth-order valence-corrected chi connectivity index (χ4v) is 1.85. The SMILES string of the molecule is O=C(ON1C(=O)CCC1=O)C(OCCO)N1C(=O)C=CC1=O. The average molecular weight is 312 g/mol. The Morgan fingerprint density at radius 2 is 1.68 bits per heavy atom. The predicted octanol–water partition coefficient (Wildman–Crippen LogP) is -2.15. The van der Waals surface area contributed by atoms with Gasteiger partial charge in [0.15, 0.2) is 0 Å². The van der Waals surface area contributed by atoms with Crippen LogP contribution in [-0.2, 0) is 33.5 Å². The second-order valence-electron chi connectivity index (χ2n) is 4.32. The summed E-state index contributed by atoms with van der Waals surface area (Å²) in [5, 5.41) is 9.01. The van der Waals surface area contributed by atoms with Crippen molar-refractivity contribution in [2.45, 2.75) is 19.1 Å². The van der Waals surface area contributed by atoms with Gasteiger partial charge in [0.1, 0.15) is 0 Å². The van der Waals surface area contributed by atoms with Gasteiger partial charge in [0.2, 0.25) is 6.23 Å². The van der Waals surface area contributed by atoms with Crippen LogP contribution in [0.25, 0.3) is 0 Å². The fraction of sp³-hybridized carbons (Fsp3) is 0.417. The first kappa shape index (κ1) is 15.8. The van der Waals surface area contributed by atoms with Gasteiger partial charge in [-0.1, -0.05) is 0 Å². The molecule has 4 amide bonds. The van der Waals surface area contributed by atoms with E-state index in [1.54, 1.807) is 0 Å². The molecule has 1 N–H and O–H groups in total. The van der Waals surface area contributed by atoms with Gasteiger partial charge in [0.25, 0.3) is 23.6 Å². The molecule has 0 saturated carbocycles. The molecule has 0 aromatic heterocycles. The summed E-state index contributed by atoms with van der Waals surface area (Å²) in [5.41, 5.74) is 0. The molecule has 0 spiro atoms. The summed E-state index contributed by atoms with van der Waals surface area (Å²) in [4.78, 5) is 63.1. The summed E-state index contributed by atoms with van der Waals surface area (Å²) in [7, 11) is 0. The molecule has 0 radical (unpaired) electrons. The molecule has 2 rings (SSSR count). The molecule has 118 valence electrons. The van der Waals surface area contributed by atoms with Crippen LogP contribution >= 0.6 is 0 Å². The molecule has 2 heterocycles. The van der Waals surface area contributed by atoms with E-state index in [1.807, 2.05) is 0 Å². The monoisotopic (exact) mass is 312 g/mol. The number of aliphatic hydroxyl groups is 1. The van der Waals surface area contributed by atoms with Crippen LogP contribution in [0, 0.1) is 0 Å². The Labute approximate surface area is 123 Å². The van der Waals surface area contributed by atoms with Gasteiger partial charge in [-0.3, -0.25) is 19.2 Å². The zero-order valence-electron chi connectivity index (χ0n) is 11.3. The standard InChI is InChI=1S/C12H12N2O8/c15-5-6-21-11(13-7(16)1-2-8(13)17)12(20)22-14-9(18)3-4-10(14)19/h1-2,11,15H,3-6H2. The summed E-state index contributed by atoms with van der Waals surface area (Å²) < 4.78 is 4.93. The molecule has 1 unspecified atom stereocenters. The molecule has 2 aliphatic heterocycles. The highest BCUT2D eigenvalue weighted by Gasteiger charge is 2.41. The molecule has 1 atom stereocenters. The van der Waals surface area contributed by atoms with Crippen molar-refractivity contribution in [3.63, 3.8) is 0 Å². The van der Waals surface area contributed by atoms with E-state index in [0.717, 1.165) is 12.2 Å². The normalized spacial score (nSPS) is 19.3. The van der Waals surface area contributed by atoms with Crippen molar-refractivity contribution in [1.29, 1.82) is 0 Å². The minimum absolute atomic E-state index is 0.0998. The molecular formula is C12H12N2O8. The van der Waals surface area contributed by atoms with Crippen molar-refractivity contribution < 1.29 is 38.7 Å². The Hall–Kier alpha value is -2.59. The molecule has 10 nitrogen and oxygen atoms in total. The van der Waals surface area contributed by atoms with Gasteiger partial charge in [-0.2, -0.15) is 0 Å².